The van der Waals surface area contributed by atoms with Crippen LogP contribution in [0.5, 0.6) is 5.88 Å². The fourth-order valence-electron chi connectivity index (χ4n) is 1.14. The van der Waals surface area contributed by atoms with Crippen LogP contribution in [0.4, 0.5) is 0 Å². The van der Waals surface area contributed by atoms with Gasteiger partial charge in [0, 0.05) is 6.07 Å². The first-order valence-electron chi connectivity index (χ1n) is 3.81. The number of fused-ring (bicyclic) bond motifs is 1. The summed E-state index contributed by atoms with van der Waals surface area (Å²) >= 11 is 5.63. The highest BCUT2D eigenvalue weighted by Gasteiger charge is 2.06. The van der Waals surface area contributed by atoms with Gasteiger partial charge in [0.1, 0.15) is 5.65 Å². The van der Waals surface area contributed by atoms with E-state index in [1.807, 2.05) is 0 Å². The Bertz CT molecular complexity index is 538. The molecule has 2 heterocycles. The minimum absolute atomic E-state index is 0.0381. The van der Waals surface area contributed by atoms with Gasteiger partial charge in [-0.1, -0.05) is 0 Å². The lowest BCUT2D eigenvalue weighted by atomic mass is 10.3. The smallest absolute Gasteiger partial charge is 0.249 e. The maximum Gasteiger partial charge on any atom is 0.249 e. The Morgan fingerprint density at radius 2 is 2.21 bits per heavy atom. The van der Waals surface area contributed by atoms with Crippen LogP contribution >= 0.6 is 11.6 Å². The molecule has 14 heavy (non-hydrogen) atoms. The van der Waals surface area contributed by atoms with Gasteiger partial charge >= 0.3 is 0 Å². The fraction of sp³-hybridized carbons (Fsp3) is 0.125. The number of halogens is 1. The molecule has 0 aliphatic heterocycles. The molecule has 5 nitrogen and oxygen atoms in total. The molecule has 0 atom stereocenters. The lowest BCUT2D eigenvalue weighted by molar-refractivity contribution is 0.402. The molecule has 2 aromatic rings. The summed E-state index contributed by atoms with van der Waals surface area (Å²) in [5.41, 5.74) is 0.128. The van der Waals surface area contributed by atoms with Crippen molar-refractivity contribution in [3.63, 3.8) is 0 Å². The largest absolute Gasteiger partial charge is 0.480 e. The summed E-state index contributed by atoms with van der Waals surface area (Å²) in [6.45, 7) is 0. The van der Waals surface area contributed by atoms with Gasteiger partial charge in [-0.25, -0.2) is 0 Å². The number of H-pyrrole nitrogens is 1. The summed E-state index contributed by atoms with van der Waals surface area (Å²) in [6.07, 6.45) is 0. The zero-order valence-electron chi connectivity index (χ0n) is 7.24. The molecule has 0 unspecified atom stereocenters. The number of aromatic nitrogens is 3. The number of nitrogens with zero attached hydrogens (tertiary/aromatic N) is 2. The van der Waals surface area contributed by atoms with Crippen LogP contribution in [-0.2, 0) is 0 Å². The van der Waals surface area contributed by atoms with Gasteiger partial charge in [0.2, 0.25) is 16.7 Å². The molecule has 6 heteroatoms. The first kappa shape index (κ1) is 8.96. The van der Waals surface area contributed by atoms with Gasteiger partial charge in [0.15, 0.2) is 0 Å². The van der Waals surface area contributed by atoms with Crippen LogP contribution < -0.4 is 10.3 Å². The normalized spacial score (nSPS) is 10.4. The van der Waals surface area contributed by atoms with E-state index in [-0.39, 0.29) is 10.8 Å². The zero-order valence-corrected chi connectivity index (χ0v) is 8.00. The minimum atomic E-state index is -0.241. The Kier molecular flexibility index (Phi) is 2.09. The molecule has 72 valence electrons. The Labute approximate surface area is 83.7 Å². The Hall–Kier alpha value is -1.62. The molecule has 2 aromatic heterocycles. The standard InChI is InChI=1S/C8H6ClN3O2/c1-14-7-4-2-3-5(13)10-6(4)11-8(9)12-7/h2-3H,1H3,(H,10,11,12,13). The van der Waals surface area contributed by atoms with Gasteiger partial charge in [0.05, 0.1) is 12.5 Å². The van der Waals surface area contributed by atoms with Crippen molar-refractivity contribution in [1.82, 2.24) is 15.0 Å². The van der Waals surface area contributed by atoms with Crippen LogP contribution in [-0.4, -0.2) is 22.1 Å². The molecular weight excluding hydrogens is 206 g/mol. The average Bonchev–Trinajstić information content (AvgIpc) is 2.15. The van der Waals surface area contributed by atoms with Crippen LogP contribution in [0.1, 0.15) is 0 Å². The highest BCUT2D eigenvalue weighted by atomic mass is 35.5. The molecule has 1 N–H and O–H groups in total. The summed E-state index contributed by atoms with van der Waals surface area (Å²) in [4.78, 5) is 21.3. The molecule has 2 rings (SSSR count). The number of hydrogen-bond donors (Lipinski definition) is 1. The second-order valence-corrected chi connectivity index (χ2v) is 2.92. The first-order chi connectivity index (χ1) is 6.70. The van der Waals surface area contributed by atoms with Crippen molar-refractivity contribution >= 4 is 22.6 Å². The maximum absolute atomic E-state index is 11.0. The number of aromatic amines is 1. The Morgan fingerprint density at radius 1 is 1.43 bits per heavy atom. The second kappa shape index (κ2) is 3.26. The van der Waals surface area contributed by atoms with Gasteiger partial charge in [-0.3, -0.25) is 4.79 Å². The Balaban J connectivity index is 2.87. The van der Waals surface area contributed by atoms with Crippen LogP contribution in [0.2, 0.25) is 5.28 Å². The van der Waals surface area contributed by atoms with E-state index in [0.29, 0.717) is 16.9 Å². The topological polar surface area (TPSA) is 67.9 Å². The van der Waals surface area contributed by atoms with Gasteiger partial charge in [0.25, 0.3) is 0 Å². The summed E-state index contributed by atoms with van der Waals surface area (Å²) in [5.74, 6) is 0.344. The quantitative estimate of drug-likeness (QED) is 0.714. The number of hydrogen-bond acceptors (Lipinski definition) is 4. The highest BCUT2D eigenvalue weighted by molar-refractivity contribution is 6.28. The summed E-state index contributed by atoms with van der Waals surface area (Å²) in [7, 11) is 1.48. The van der Waals surface area contributed by atoms with E-state index in [1.165, 1.54) is 13.2 Å². The SMILES string of the molecule is COc1nc(Cl)nc2[nH]c(=O)ccc12. The molecule has 0 saturated carbocycles. The predicted octanol–water partition coefficient (Wildman–Crippen LogP) is 0.980. The van der Waals surface area contributed by atoms with Crippen molar-refractivity contribution in [2.75, 3.05) is 7.11 Å². The van der Waals surface area contributed by atoms with E-state index in [4.69, 9.17) is 16.3 Å². The van der Waals surface area contributed by atoms with E-state index in [9.17, 15) is 4.79 Å². The maximum atomic E-state index is 11.0. The van der Waals surface area contributed by atoms with E-state index < -0.39 is 0 Å². The van der Waals surface area contributed by atoms with Crippen LogP contribution in [0.3, 0.4) is 0 Å². The third-order valence-electron chi connectivity index (χ3n) is 1.72. The molecule has 0 amide bonds. The van der Waals surface area contributed by atoms with Crippen LogP contribution in [0.15, 0.2) is 16.9 Å². The monoisotopic (exact) mass is 211 g/mol. The van der Waals surface area contributed by atoms with Crippen molar-refractivity contribution in [3.05, 3.63) is 27.8 Å². The van der Waals surface area contributed by atoms with E-state index >= 15 is 0 Å². The predicted molar refractivity (Wildman–Crippen MR) is 51.7 cm³/mol. The van der Waals surface area contributed by atoms with Crippen LogP contribution in [0.25, 0.3) is 11.0 Å². The molecule has 0 aliphatic rings. The summed E-state index contributed by atoms with van der Waals surface area (Å²) in [6, 6.07) is 2.96. The molecule has 0 aliphatic carbocycles. The first-order valence-corrected chi connectivity index (χ1v) is 4.19. The van der Waals surface area contributed by atoms with E-state index in [1.54, 1.807) is 6.07 Å². The average molecular weight is 212 g/mol. The van der Waals surface area contributed by atoms with Gasteiger partial charge in [-0.05, 0) is 17.7 Å². The molecule has 0 spiro atoms. The summed E-state index contributed by atoms with van der Waals surface area (Å²) < 4.78 is 4.99. The second-order valence-electron chi connectivity index (χ2n) is 2.59. The molecule has 0 bridgehead atoms. The third kappa shape index (κ3) is 1.42. The lowest BCUT2D eigenvalue weighted by Gasteiger charge is -2.02. The van der Waals surface area contributed by atoms with Crippen molar-refractivity contribution in [2.45, 2.75) is 0 Å². The van der Waals surface area contributed by atoms with Crippen molar-refractivity contribution in [1.29, 1.82) is 0 Å². The number of methoxy groups -OCH3 is 1. The molecule has 0 fully saturated rings. The molecular formula is C8H6ClN3O2. The van der Waals surface area contributed by atoms with Gasteiger partial charge in [-0.15, -0.1) is 0 Å². The Morgan fingerprint density at radius 3 is 2.93 bits per heavy atom. The molecule has 0 radical (unpaired) electrons. The van der Waals surface area contributed by atoms with E-state index in [0.717, 1.165) is 0 Å². The summed E-state index contributed by atoms with van der Waals surface area (Å²) in [5, 5.41) is 0.660. The minimum Gasteiger partial charge on any atom is -0.480 e. The number of pyridine rings is 1. The fourth-order valence-corrected chi connectivity index (χ4v) is 1.30. The zero-order chi connectivity index (χ0) is 10.1. The number of rotatable bonds is 1. The van der Waals surface area contributed by atoms with Crippen molar-refractivity contribution in [3.8, 4) is 5.88 Å². The highest BCUT2D eigenvalue weighted by Crippen LogP contribution is 2.20. The van der Waals surface area contributed by atoms with Gasteiger partial charge in [-0.2, -0.15) is 9.97 Å². The third-order valence-corrected chi connectivity index (χ3v) is 1.89. The number of nitrogens with one attached hydrogen (secondary N) is 1. The lowest BCUT2D eigenvalue weighted by Crippen LogP contribution is -2.05. The molecule has 0 aromatic carbocycles. The van der Waals surface area contributed by atoms with Crippen LogP contribution in [0, 0.1) is 0 Å². The van der Waals surface area contributed by atoms with Crippen molar-refractivity contribution < 1.29 is 4.74 Å². The number of ether oxygens (including phenoxy) is 1. The van der Waals surface area contributed by atoms with Crippen molar-refractivity contribution in [2.24, 2.45) is 0 Å². The molecule has 0 saturated heterocycles. The van der Waals surface area contributed by atoms with Gasteiger partial charge < -0.3 is 9.72 Å². The van der Waals surface area contributed by atoms with E-state index in [2.05, 4.69) is 15.0 Å².